The highest BCUT2D eigenvalue weighted by Crippen LogP contribution is 2.16. The molecule has 0 radical (unpaired) electrons. The lowest BCUT2D eigenvalue weighted by Gasteiger charge is -2.20. The van der Waals surface area contributed by atoms with E-state index in [9.17, 15) is 5.11 Å². The van der Waals surface area contributed by atoms with E-state index in [1.54, 1.807) is 12.1 Å². The number of ether oxygens (including phenoxy) is 1. The van der Waals surface area contributed by atoms with Crippen LogP contribution in [-0.4, -0.2) is 24.4 Å². The second kappa shape index (κ2) is 6.51. The van der Waals surface area contributed by atoms with E-state index in [2.05, 4.69) is 19.2 Å². The number of phenolic OH excluding ortho intramolecular Hbond substituents is 1. The van der Waals surface area contributed by atoms with E-state index in [-0.39, 0.29) is 6.04 Å². The Kier molecular flexibility index (Phi) is 5.29. The van der Waals surface area contributed by atoms with Gasteiger partial charge in [-0.25, -0.2) is 0 Å². The molecule has 0 aliphatic heterocycles. The molecule has 0 aliphatic carbocycles. The van der Waals surface area contributed by atoms with Gasteiger partial charge in [-0.2, -0.15) is 0 Å². The highest BCUT2D eigenvalue weighted by atomic mass is 16.5. The van der Waals surface area contributed by atoms with E-state index in [0.29, 0.717) is 11.8 Å². The van der Waals surface area contributed by atoms with Gasteiger partial charge in [-0.05, 0) is 38.5 Å². The standard InChI is InChI=1S/C13H21NO2/c1-4-16-9-10(2)14-11(3)12-5-7-13(15)8-6-12/h5-8,10-11,14-15H,4,9H2,1-3H3. The fourth-order valence-electron chi connectivity index (χ4n) is 1.63. The molecule has 3 heteroatoms. The van der Waals surface area contributed by atoms with Gasteiger partial charge in [0.15, 0.2) is 0 Å². The number of hydrogen-bond acceptors (Lipinski definition) is 3. The summed E-state index contributed by atoms with van der Waals surface area (Å²) in [6, 6.07) is 7.86. The molecule has 2 unspecified atom stereocenters. The van der Waals surface area contributed by atoms with E-state index in [1.165, 1.54) is 5.56 Å². The average Bonchev–Trinajstić information content (AvgIpc) is 2.27. The van der Waals surface area contributed by atoms with Gasteiger partial charge >= 0.3 is 0 Å². The first-order valence-electron chi connectivity index (χ1n) is 5.76. The molecule has 1 rings (SSSR count). The molecule has 1 aromatic rings. The molecule has 0 spiro atoms. The van der Waals surface area contributed by atoms with E-state index >= 15 is 0 Å². The minimum atomic E-state index is 0.260. The molecule has 0 saturated carbocycles. The lowest BCUT2D eigenvalue weighted by atomic mass is 10.1. The summed E-state index contributed by atoms with van der Waals surface area (Å²) in [6.07, 6.45) is 0. The van der Waals surface area contributed by atoms with E-state index < -0.39 is 0 Å². The van der Waals surface area contributed by atoms with Crippen molar-refractivity contribution in [3.05, 3.63) is 29.8 Å². The highest BCUT2D eigenvalue weighted by molar-refractivity contribution is 5.27. The van der Waals surface area contributed by atoms with Crippen molar-refractivity contribution in [3.8, 4) is 5.75 Å². The summed E-state index contributed by atoms with van der Waals surface area (Å²) in [5.74, 6) is 0.304. The average molecular weight is 223 g/mol. The Hall–Kier alpha value is -1.06. The van der Waals surface area contributed by atoms with Gasteiger partial charge in [0, 0.05) is 18.7 Å². The third-order valence-corrected chi connectivity index (χ3v) is 2.50. The molecule has 3 nitrogen and oxygen atoms in total. The van der Waals surface area contributed by atoms with E-state index in [1.807, 2.05) is 19.1 Å². The molecule has 90 valence electrons. The molecule has 0 bridgehead atoms. The largest absolute Gasteiger partial charge is 0.508 e. The normalized spacial score (nSPS) is 14.7. The van der Waals surface area contributed by atoms with Crippen LogP contribution in [0.25, 0.3) is 0 Å². The number of phenols is 1. The quantitative estimate of drug-likeness (QED) is 0.778. The molecule has 0 fully saturated rings. The lowest BCUT2D eigenvalue weighted by molar-refractivity contribution is 0.124. The number of rotatable bonds is 6. The van der Waals surface area contributed by atoms with Crippen LogP contribution in [0, 0.1) is 0 Å². The number of benzene rings is 1. The van der Waals surface area contributed by atoms with Crippen LogP contribution in [0.2, 0.25) is 0 Å². The van der Waals surface area contributed by atoms with Crippen LogP contribution >= 0.6 is 0 Å². The van der Waals surface area contributed by atoms with Gasteiger partial charge < -0.3 is 15.2 Å². The van der Waals surface area contributed by atoms with Crippen LogP contribution in [0.4, 0.5) is 0 Å². The van der Waals surface area contributed by atoms with Gasteiger partial charge in [0.2, 0.25) is 0 Å². The zero-order valence-electron chi connectivity index (χ0n) is 10.2. The Labute approximate surface area is 97.4 Å². The summed E-state index contributed by atoms with van der Waals surface area (Å²) in [5.41, 5.74) is 1.17. The second-order valence-electron chi connectivity index (χ2n) is 4.04. The minimum Gasteiger partial charge on any atom is -0.508 e. The van der Waals surface area contributed by atoms with E-state index in [4.69, 9.17) is 4.74 Å². The van der Waals surface area contributed by atoms with Gasteiger partial charge in [-0.1, -0.05) is 12.1 Å². The predicted molar refractivity (Wildman–Crippen MR) is 65.6 cm³/mol. The molecule has 16 heavy (non-hydrogen) atoms. The second-order valence-corrected chi connectivity index (χ2v) is 4.04. The van der Waals surface area contributed by atoms with Crippen LogP contribution in [0.5, 0.6) is 5.75 Å². The monoisotopic (exact) mass is 223 g/mol. The summed E-state index contributed by atoms with van der Waals surface area (Å²) >= 11 is 0. The van der Waals surface area contributed by atoms with Crippen molar-refractivity contribution in [2.75, 3.05) is 13.2 Å². The van der Waals surface area contributed by atoms with Crippen molar-refractivity contribution in [3.63, 3.8) is 0 Å². The Morgan fingerprint density at radius 1 is 1.25 bits per heavy atom. The highest BCUT2D eigenvalue weighted by Gasteiger charge is 2.09. The Bertz CT molecular complexity index is 297. The van der Waals surface area contributed by atoms with Gasteiger partial charge in [-0.3, -0.25) is 0 Å². The number of aromatic hydroxyl groups is 1. The van der Waals surface area contributed by atoms with Gasteiger partial charge in [0.25, 0.3) is 0 Å². The van der Waals surface area contributed by atoms with Crippen molar-refractivity contribution in [1.29, 1.82) is 0 Å². The van der Waals surface area contributed by atoms with Gasteiger partial charge in [0.1, 0.15) is 5.75 Å². The van der Waals surface area contributed by atoms with Crippen LogP contribution in [0.1, 0.15) is 32.4 Å². The van der Waals surface area contributed by atoms with Crippen LogP contribution in [0.15, 0.2) is 24.3 Å². The summed E-state index contributed by atoms with van der Waals surface area (Å²) in [5, 5.41) is 12.6. The smallest absolute Gasteiger partial charge is 0.115 e. The molecule has 1 aromatic carbocycles. The Balaban J connectivity index is 2.45. The summed E-state index contributed by atoms with van der Waals surface area (Å²) in [4.78, 5) is 0. The van der Waals surface area contributed by atoms with Crippen molar-refractivity contribution >= 4 is 0 Å². The molecular formula is C13H21NO2. The number of nitrogens with one attached hydrogen (secondary N) is 1. The van der Waals surface area contributed by atoms with Crippen LogP contribution in [-0.2, 0) is 4.74 Å². The lowest BCUT2D eigenvalue weighted by Crippen LogP contribution is -2.32. The summed E-state index contributed by atoms with van der Waals surface area (Å²) in [7, 11) is 0. The first kappa shape index (κ1) is 13.0. The molecule has 0 heterocycles. The fraction of sp³-hybridized carbons (Fsp3) is 0.538. The molecule has 0 aliphatic rings. The van der Waals surface area contributed by atoms with E-state index in [0.717, 1.165) is 13.2 Å². The third-order valence-electron chi connectivity index (χ3n) is 2.50. The van der Waals surface area contributed by atoms with Crippen LogP contribution < -0.4 is 5.32 Å². The van der Waals surface area contributed by atoms with Crippen molar-refractivity contribution in [2.45, 2.75) is 32.9 Å². The molecule has 2 atom stereocenters. The summed E-state index contributed by atoms with van der Waals surface area (Å²) in [6.45, 7) is 7.68. The summed E-state index contributed by atoms with van der Waals surface area (Å²) < 4.78 is 5.35. The SMILES string of the molecule is CCOCC(C)NC(C)c1ccc(O)cc1. The van der Waals surface area contributed by atoms with Crippen molar-refractivity contribution < 1.29 is 9.84 Å². The maximum Gasteiger partial charge on any atom is 0.115 e. The first-order chi connectivity index (χ1) is 7.63. The topological polar surface area (TPSA) is 41.5 Å². The zero-order valence-corrected chi connectivity index (χ0v) is 10.2. The molecule has 0 saturated heterocycles. The molecule has 0 amide bonds. The molecular weight excluding hydrogens is 202 g/mol. The minimum absolute atomic E-state index is 0.260. The third kappa shape index (κ3) is 4.21. The van der Waals surface area contributed by atoms with Gasteiger partial charge in [-0.15, -0.1) is 0 Å². The first-order valence-corrected chi connectivity index (χ1v) is 5.76. The molecule has 2 N–H and O–H groups in total. The van der Waals surface area contributed by atoms with Crippen LogP contribution in [0.3, 0.4) is 0 Å². The van der Waals surface area contributed by atoms with Gasteiger partial charge in [0.05, 0.1) is 6.61 Å². The number of hydrogen-bond donors (Lipinski definition) is 2. The Morgan fingerprint density at radius 3 is 2.44 bits per heavy atom. The van der Waals surface area contributed by atoms with Crippen molar-refractivity contribution in [1.82, 2.24) is 5.32 Å². The fourth-order valence-corrected chi connectivity index (χ4v) is 1.63. The molecule has 0 aromatic heterocycles. The predicted octanol–water partition coefficient (Wildman–Crippen LogP) is 2.47. The maximum absolute atomic E-state index is 9.20. The maximum atomic E-state index is 9.20. The zero-order chi connectivity index (χ0) is 12.0. The Morgan fingerprint density at radius 2 is 1.88 bits per heavy atom. The van der Waals surface area contributed by atoms with Crippen molar-refractivity contribution in [2.24, 2.45) is 0 Å².